The maximum absolute atomic E-state index is 11.4. The van der Waals surface area contributed by atoms with Gasteiger partial charge in [0.1, 0.15) is 0 Å². The van der Waals surface area contributed by atoms with Gasteiger partial charge in [0.2, 0.25) is 0 Å². The zero-order valence-corrected chi connectivity index (χ0v) is 12.0. The number of hydrogen-bond donors (Lipinski definition) is 2. The van der Waals surface area contributed by atoms with Gasteiger partial charge in [0, 0.05) is 6.04 Å². The molecule has 0 aliphatic heterocycles. The molecular weight excluding hydrogens is 234 g/mol. The lowest BCUT2D eigenvalue weighted by atomic mass is 9.77. The van der Waals surface area contributed by atoms with Crippen molar-refractivity contribution in [3.05, 3.63) is 35.4 Å². The van der Waals surface area contributed by atoms with Crippen molar-refractivity contribution in [1.82, 2.24) is 5.32 Å². The number of nitrogens with one attached hydrogen (secondary N) is 1. The van der Waals surface area contributed by atoms with Gasteiger partial charge in [-0.2, -0.15) is 0 Å². The molecule has 2 N–H and O–H groups in total. The lowest BCUT2D eigenvalue weighted by Gasteiger charge is -2.39. The summed E-state index contributed by atoms with van der Waals surface area (Å²) < 4.78 is 0. The summed E-state index contributed by atoms with van der Waals surface area (Å²) in [7, 11) is 0. The van der Waals surface area contributed by atoms with Crippen LogP contribution in [-0.2, 0) is 12.8 Å². The Bertz CT molecular complexity index is 423. The van der Waals surface area contributed by atoms with Gasteiger partial charge in [-0.3, -0.25) is 0 Å². The van der Waals surface area contributed by atoms with Gasteiger partial charge in [-0.05, 0) is 62.1 Å². The average Bonchev–Trinajstić information content (AvgIpc) is 2.63. The molecule has 0 amide bonds. The molecule has 2 heteroatoms. The molecule has 2 nitrogen and oxygen atoms in total. The lowest BCUT2D eigenvalue weighted by molar-refractivity contribution is -0.0602. The fourth-order valence-corrected chi connectivity index (χ4v) is 4.39. The average molecular weight is 259 g/mol. The first kappa shape index (κ1) is 13.1. The molecular formula is C17H25NO. The van der Waals surface area contributed by atoms with Crippen molar-refractivity contribution < 1.29 is 5.11 Å². The highest BCUT2D eigenvalue weighted by molar-refractivity contribution is 5.32. The number of likely N-dealkylation sites (N-methyl/N-ethyl adjacent to an activating group) is 1. The van der Waals surface area contributed by atoms with Gasteiger partial charge < -0.3 is 10.4 Å². The monoisotopic (exact) mass is 259 g/mol. The zero-order chi connectivity index (χ0) is 13.5. The van der Waals surface area contributed by atoms with E-state index >= 15 is 0 Å². The highest BCUT2D eigenvalue weighted by Crippen LogP contribution is 2.48. The molecule has 0 aromatic heterocycles. The van der Waals surface area contributed by atoms with Crippen LogP contribution in [0.4, 0.5) is 0 Å². The highest BCUT2D eigenvalue weighted by Gasteiger charge is 2.53. The Kier molecular flexibility index (Phi) is 3.40. The zero-order valence-electron chi connectivity index (χ0n) is 12.0. The van der Waals surface area contributed by atoms with Crippen LogP contribution in [0.25, 0.3) is 0 Å². The SMILES string of the molecule is CCNC(C)C1(O)C2CCC1Cc1ccccc1C2. The van der Waals surface area contributed by atoms with Crippen LogP contribution < -0.4 is 5.32 Å². The number of hydrogen-bond acceptors (Lipinski definition) is 2. The van der Waals surface area contributed by atoms with E-state index in [1.165, 1.54) is 24.0 Å². The fourth-order valence-electron chi connectivity index (χ4n) is 4.39. The van der Waals surface area contributed by atoms with E-state index in [0.717, 1.165) is 19.4 Å². The van der Waals surface area contributed by atoms with E-state index < -0.39 is 5.60 Å². The third kappa shape index (κ3) is 2.02. The van der Waals surface area contributed by atoms with Gasteiger partial charge in [0.05, 0.1) is 5.60 Å². The van der Waals surface area contributed by atoms with Gasteiger partial charge in [0.25, 0.3) is 0 Å². The molecule has 3 rings (SSSR count). The van der Waals surface area contributed by atoms with E-state index in [1.807, 2.05) is 0 Å². The molecule has 3 unspecified atom stereocenters. The second-order valence-corrected chi connectivity index (χ2v) is 6.31. The predicted octanol–water partition coefficient (Wildman–Crippen LogP) is 2.54. The van der Waals surface area contributed by atoms with Crippen LogP contribution in [0.2, 0.25) is 0 Å². The standard InChI is InChI=1S/C17H25NO/c1-3-18-12(2)17(19)15-8-9-16(17)11-14-7-5-4-6-13(14)10-15/h4-7,12,15-16,18-19H,3,8-11H2,1-2H3. The normalized spacial score (nSPS) is 34.7. The second-order valence-electron chi connectivity index (χ2n) is 6.31. The van der Waals surface area contributed by atoms with E-state index in [4.69, 9.17) is 0 Å². The van der Waals surface area contributed by atoms with Gasteiger partial charge in [-0.1, -0.05) is 31.2 Å². The minimum absolute atomic E-state index is 0.185. The van der Waals surface area contributed by atoms with Crippen LogP contribution in [0.5, 0.6) is 0 Å². The maximum Gasteiger partial charge on any atom is 0.0859 e. The molecule has 0 spiro atoms. The topological polar surface area (TPSA) is 32.3 Å². The first-order valence-electron chi connectivity index (χ1n) is 7.68. The molecule has 0 heterocycles. The first-order chi connectivity index (χ1) is 9.16. The molecule has 1 aromatic carbocycles. The van der Waals surface area contributed by atoms with Crippen molar-refractivity contribution in [3.8, 4) is 0 Å². The third-order valence-electron chi connectivity index (χ3n) is 5.43. The van der Waals surface area contributed by atoms with Crippen molar-refractivity contribution >= 4 is 0 Å². The molecule has 104 valence electrons. The predicted molar refractivity (Wildman–Crippen MR) is 78.2 cm³/mol. The van der Waals surface area contributed by atoms with Crippen molar-refractivity contribution in [2.45, 2.75) is 51.2 Å². The van der Waals surface area contributed by atoms with Gasteiger partial charge in [0.15, 0.2) is 0 Å². The molecule has 1 aromatic rings. The lowest BCUT2D eigenvalue weighted by Crippen LogP contribution is -2.55. The second kappa shape index (κ2) is 4.92. The molecule has 2 bridgehead atoms. The Hall–Kier alpha value is -0.860. The molecule has 2 aliphatic carbocycles. The summed E-state index contributed by atoms with van der Waals surface area (Å²) in [4.78, 5) is 0. The van der Waals surface area contributed by atoms with Crippen molar-refractivity contribution in [2.75, 3.05) is 6.54 Å². The van der Waals surface area contributed by atoms with E-state index in [9.17, 15) is 5.11 Å². The van der Waals surface area contributed by atoms with Gasteiger partial charge in [-0.25, -0.2) is 0 Å². The van der Waals surface area contributed by atoms with Gasteiger partial charge in [-0.15, -0.1) is 0 Å². The van der Waals surface area contributed by atoms with E-state index in [-0.39, 0.29) is 6.04 Å². The molecule has 0 radical (unpaired) electrons. The Morgan fingerprint density at radius 3 is 2.21 bits per heavy atom. The fraction of sp³-hybridized carbons (Fsp3) is 0.647. The Balaban J connectivity index is 1.94. The van der Waals surface area contributed by atoms with Crippen LogP contribution in [0.3, 0.4) is 0 Å². The van der Waals surface area contributed by atoms with Crippen molar-refractivity contribution in [1.29, 1.82) is 0 Å². The molecule has 19 heavy (non-hydrogen) atoms. The molecule has 2 aliphatic rings. The highest BCUT2D eigenvalue weighted by atomic mass is 16.3. The largest absolute Gasteiger partial charge is 0.388 e. The van der Waals surface area contributed by atoms with Crippen LogP contribution in [0.15, 0.2) is 24.3 Å². The van der Waals surface area contributed by atoms with Crippen LogP contribution in [-0.4, -0.2) is 23.3 Å². The van der Waals surface area contributed by atoms with E-state index in [2.05, 4.69) is 43.4 Å². The first-order valence-corrected chi connectivity index (χ1v) is 7.68. The van der Waals surface area contributed by atoms with Crippen LogP contribution in [0.1, 0.15) is 37.8 Å². The summed E-state index contributed by atoms with van der Waals surface area (Å²) in [5.74, 6) is 0.824. The molecule has 1 fully saturated rings. The van der Waals surface area contributed by atoms with Crippen molar-refractivity contribution in [2.24, 2.45) is 11.8 Å². The number of aliphatic hydroxyl groups is 1. The third-order valence-corrected chi connectivity index (χ3v) is 5.43. The smallest absolute Gasteiger partial charge is 0.0859 e. The molecule has 0 saturated heterocycles. The van der Waals surface area contributed by atoms with Crippen LogP contribution in [0, 0.1) is 11.8 Å². The maximum atomic E-state index is 11.4. The minimum Gasteiger partial charge on any atom is -0.388 e. The molecule has 1 saturated carbocycles. The van der Waals surface area contributed by atoms with Gasteiger partial charge >= 0.3 is 0 Å². The van der Waals surface area contributed by atoms with E-state index in [1.54, 1.807) is 0 Å². The minimum atomic E-state index is -0.533. The number of rotatable bonds is 3. The van der Waals surface area contributed by atoms with Crippen LogP contribution >= 0.6 is 0 Å². The Morgan fingerprint density at radius 1 is 1.21 bits per heavy atom. The number of benzene rings is 1. The quantitative estimate of drug-likeness (QED) is 0.874. The molecule has 3 atom stereocenters. The summed E-state index contributed by atoms with van der Waals surface area (Å²) in [5.41, 5.74) is 2.38. The van der Waals surface area contributed by atoms with Crippen molar-refractivity contribution in [3.63, 3.8) is 0 Å². The summed E-state index contributed by atoms with van der Waals surface area (Å²) in [6.45, 7) is 5.20. The summed E-state index contributed by atoms with van der Waals surface area (Å²) in [6.07, 6.45) is 4.42. The summed E-state index contributed by atoms with van der Waals surface area (Å²) in [5, 5.41) is 14.8. The summed E-state index contributed by atoms with van der Waals surface area (Å²) >= 11 is 0. The Morgan fingerprint density at radius 2 is 1.74 bits per heavy atom. The number of fused-ring (bicyclic) bond motifs is 3. The summed E-state index contributed by atoms with van der Waals surface area (Å²) in [6, 6.07) is 8.93. The van der Waals surface area contributed by atoms with E-state index in [0.29, 0.717) is 11.8 Å². The Labute approximate surface area is 116 Å².